The maximum absolute atomic E-state index is 4.95. The highest BCUT2D eigenvalue weighted by Crippen LogP contribution is 2.30. The molecule has 36 heavy (non-hydrogen) atoms. The monoisotopic (exact) mass is 464 g/mol. The van der Waals surface area contributed by atoms with Gasteiger partial charge in [-0.05, 0) is 22.9 Å². The first-order valence-corrected chi connectivity index (χ1v) is 12.2. The summed E-state index contributed by atoms with van der Waals surface area (Å²) in [6, 6.07) is 33.6. The van der Waals surface area contributed by atoms with Crippen molar-refractivity contribution in [1.29, 1.82) is 0 Å². The number of hydrogen-bond donors (Lipinski definition) is 0. The summed E-state index contributed by atoms with van der Waals surface area (Å²) < 4.78 is 3.95. The van der Waals surface area contributed by atoms with E-state index in [1.807, 2.05) is 21.2 Å². The lowest BCUT2D eigenvalue weighted by molar-refractivity contribution is 0.797. The van der Waals surface area contributed by atoms with Gasteiger partial charge < -0.3 is 0 Å². The molecule has 0 amide bonds. The lowest BCUT2D eigenvalue weighted by Gasteiger charge is -2.06. The Morgan fingerprint density at radius 3 is 1.22 bits per heavy atom. The third-order valence-corrected chi connectivity index (χ3v) is 7.05. The van der Waals surface area contributed by atoms with Crippen LogP contribution < -0.4 is 0 Å². The summed E-state index contributed by atoms with van der Waals surface area (Å²) in [5, 5.41) is 16.8. The zero-order chi connectivity index (χ0) is 23.6. The minimum atomic E-state index is 0.664. The fourth-order valence-corrected chi connectivity index (χ4v) is 5.43. The van der Waals surface area contributed by atoms with Crippen LogP contribution in [0.1, 0.15) is 11.6 Å². The zero-order valence-corrected chi connectivity index (χ0v) is 19.3. The van der Waals surface area contributed by atoms with Gasteiger partial charge >= 0.3 is 0 Å². The molecule has 0 aliphatic heterocycles. The Hall–Kier alpha value is -4.84. The van der Waals surface area contributed by atoms with Crippen molar-refractivity contribution in [3.8, 4) is 0 Å². The van der Waals surface area contributed by atoms with Crippen molar-refractivity contribution in [2.45, 2.75) is 12.8 Å². The van der Waals surface area contributed by atoms with Gasteiger partial charge in [0, 0.05) is 34.4 Å². The van der Waals surface area contributed by atoms with Crippen LogP contribution >= 0.6 is 0 Å². The number of rotatable bonds is 3. The molecule has 170 valence electrons. The minimum Gasteiger partial charge on any atom is -0.212 e. The van der Waals surface area contributed by atoms with E-state index >= 15 is 0 Å². The highest BCUT2D eigenvalue weighted by atomic mass is 15.3. The van der Waals surface area contributed by atoms with Crippen molar-refractivity contribution in [3.63, 3.8) is 0 Å². The summed E-state index contributed by atoms with van der Waals surface area (Å²) in [5.41, 5.74) is 3.90. The fourth-order valence-electron chi connectivity index (χ4n) is 5.43. The average Bonchev–Trinajstić information content (AvgIpc) is 3.58. The Labute approximate surface area is 205 Å². The van der Waals surface area contributed by atoms with E-state index in [9.17, 15) is 0 Å². The first-order valence-electron chi connectivity index (χ1n) is 12.2. The molecule has 4 aromatic heterocycles. The number of fused-ring (bicyclic) bond motifs is 12. The van der Waals surface area contributed by atoms with Gasteiger partial charge in [0.1, 0.15) is 0 Å². The predicted molar refractivity (Wildman–Crippen MR) is 143 cm³/mol. The van der Waals surface area contributed by atoms with Gasteiger partial charge in [0.05, 0.1) is 11.0 Å². The second kappa shape index (κ2) is 7.33. The van der Waals surface area contributed by atoms with Crippen molar-refractivity contribution in [2.24, 2.45) is 0 Å². The van der Waals surface area contributed by atoms with E-state index in [1.165, 1.54) is 21.5 Å². The van der Waals surface area contributed by atoms with Gasteiger partial charge in [-0.3, -0.25) is 0 Å². The topological polar surface area (TPSA) is 60.4 Å². The molecule has 6 nitrogen and oxygen atoms in total. The number of aryl methyl sites for hydroxylation is 2. The number of para-hydroxylation sites is 2. The van der Waals surface area contributed by atoms with E-state index in [1.54, 1.807) is 0 Å². The van der Waals surface area contributed by atoms with Crippen molar-refractivity contribution in [2.75, 3.05) is 0 Å². The molecule has 0 N–H and O–H groups in total. The van der Waals surface area contributed by atoms with E-state index in [0.29, 0.717) is 12.8 Å². The molecule has 4 heterocycles. The molecular weight excluding hydrogens is 444 g/mol. The normalized spacial score (nSPS) is 12.1. The smallest absolute Gasteiger partial charge is 0.164 e. The van der Waals surface area contributed by atoms with Crippen LogP contribution in [0.25, 0.3) is 54.6 Å². The molecule has 0 saturated heterocycles. The van der Waals surface area contributed by atoms with Gasteiger partial charge in [-0.1, -0.05) is 84.9 Å². The maximum atomic E-state index is 4.95. The Balaban J connectivity index is 1.25. The molecule has 0 fully saturated rings. The number of nitrogens with zero attached hydrogens (tertiary/aromatic N) is 6. The summed E-state index contributed by atoms with van der Waals surface area (Å²) in [4.78, 5) is 9.90. The third-order valence-electron chi connectivity index (χ3n) is 7.05. The zero-order valence-electron chi connectivity index (χ0n) is 19.3. The number of aromatic nitrogens is 6. The number of benzene rings is 4. The second-order valence-corrected chi connectivity index (χ2v) is 9.15. The van der Waals surface area contributed by atoms with Crippen LogP contribution in [-0.2, 0) is 12.8 Å². The van der Waals surface area contributed by atoms with Gasteiger partial charge in [-0.25, -0.2) is 19.0 Å². The van der Waals surface area contributed by atoms with E-state index in [2.05, 4.69) is 84.9 Å². The Morgan fingerprint density at radius 1 is 0.417 bits per heavy atom. The molecule has 0 bridgehead atoms. The molecule has 8 rings (SSSR count). The van der Waals surface area contributed by atoms with E-state index in [4.69, 9.17) is 20.2 Å². The van der Waals surface area contributed by atoms with Gasteiger partial charge in [0.15, 0.2) is 22.9 Å². The standard InChI is InChI=1S/C30H20N6/c1-3-13-23-19(9-1)21-11-5-7-15-25(21)35-29(23)31-27(33-35)17-18-28-32-30-24-14-4-2-10-20(24)22-12-6-8-16-26(22)36(30)34-28/h1-16H,17-18H2. The maximum Gasteiger partial charge on any atom is 0.164 e. The summed E-state index contributed by atoms with van der Waals surface area (Å²) in [6.45, 7) is 0. The van der Waals surface area contributed by atoms with E-state index in [-0.39, 0.29) is 0 Å². The molecular formula is C30H20N6. The highest BCUT2D eigenvalue weighted by molar-refractivity contribution is 6.12. The summed E-state index contributed by atoms with van der Waals surface area (Å²) in [5.74, 6) is 1.59. The van der Waals surface area contributed by atoms with Crippen molar-refractivity contribution < 1.29 is 0 Å². The quantitative estimate of drug-likeness (QED) is 0.293. The average molecular weight is 465 g/mol. The minimum absolute atomic E-state index is 0.664. The molecule has 8 aromatic rings. The van der Waals surface area contributed by atoms with Crippen LogP contribution in [0.5, 0.6) is 0 Å². The Kier molecular flexibility index (Phi) is 3.96. The lowest BCUT2D eigenvalue weighted by atomic mass is 10.1. The second-order valence-electron chi connectivity index (χ2n) is 9.15. The number of pyridine rings is 2. The van der Waals surface area contributed by atoms with Crippen LogP contribution in [0.3, 0.4) is 0 Å². The van der Waals surface area contributed by atoms with E-state index in [0.717, 1.165) is 44.7 Å². The van der Waals surface area contributed by atoms with Crippen LogP contribution in [0, 0.1) is 0 Å². The summed E-state index contributed by atoms with van der Waals surface area (Å²) >= 11 is 0. The molecule has 0 unspecified atom stereocenters. The van der Waals surface area contributed by atoms with Crippen molar-refractivity contribution >= 4 is 54.6 Å². The first-order chi connectivity index (χ1) is 17.8. The number of hydrogen-bond acceptors (Lipinski definition) is 4. The Bertz CT molecular complexity index is 1820. The van der Waals surface area contributed by atoms with Crippen LogP contribution in [0.2, 0.25) is 0 Å². The molecule has 0 spiro atoms. The molecule has 0 atom stereocenters. The fraction of sp³-hybridized carbons (Fsp3) is 0.0667. The van der Waals surface area contributed by atoms with E-state index < -0.39 is 0 Å². The lowest BCUT2D eigenvalue weighted by Crippen LogP contribution is -1.97. The van der Waals surface area contributed by atoms with Crippen LogP contribution in [-0.4, -0.2) is 29.2 Å². The molecule has 6 heteroatoms. The summed E-state index contributed by atoms with van der Waals surface area (Å²) in [7, 11) is 0. The Morgan fingerprint density at radius 2 is 0.778 bits per heavy atom. The molecule has 4 aromatic carbocycles. The van der Waals surface area contributed by atoms with Gasteiger partial charge in [-0.15, -0.1) is 0 Å². The molecule has 0 saturated carbocycles. The predicted octanol–water partition coefficient (Wildman–Crippen LogP) is 6.17. The van der Waals surface area contributed by atoms with Gasteiger partial charge in [0.2, 0.25) is 0 Å². The van der Waals surface area contributed by atoms with Gasteiger partial charge in [-0.2, -0.15) is 10.2 Å². The third kappa shape index (κ3) is 2.72. The summed E-state index contributed by atoms with van der Waals surface area (Å²) in [6.07, 6.45) is 1.33. The van der Waals surface area contributed by atoms with Crippen molar-refractivity contribution in [1.82, 2.24) is 29.2 Å². The highest BCUT2D eigenvalue weighted by Gasteiger charge is 2.15. The van der Waals surface area contributed by atoms with Crippen LogP contribution in [0.4, 0.5) is 0 Å². The SMILES string of the molecule is c1ccc2c(c1)c1ccccc1n1nc(CCc3nc4c5ccccc5c5ccccc5n4n3)nc21. The molecule has 0 aliphatic carbocycles. The van der Waals surface area contributed by atoms with Crippen molar-refractivity contribution in [3.05, 3.63) is 109 Å². The van der Waals surface area contributed by atoms with Gasteiger partial charge in [0.25, 0.3) is 0 Å². The molecule has 0 radical (unpaired) electrons. The molecule has 0 aliphatic rings. The first kappa shape index (κ1) is 19.5. The van der Waals surface area contributed by atoms with Crippen LogP contribution in [0.15, 0.2) is 97.1 Å². The largest absolute Gasteiger partial charge is 0.212 e.